The van der Waals surface area contributed by atoms with Crippen molar-refractivity contribution in [3.63, 3.8) is 0 Å². The van der Waals surface area contributed by atoms with Gasteiger partial charge in [-0.2, -0.15) is 0 Å². The van der Waals surface area contributed by atoms with Gasteiger partial charge in [-0.3, -0.25) is 9.59 Å². The van der Waals surface area contributed by atoms with E-state index in [9.17, 15) is 19.8 Å². The Morgan fingerprint density at radius 3 is 2.83 bits per heavy atom. The van der Waals surface area contributed by atoms with Crippen LogP contribution in [0.25, 0.3) is 0 Å². The van der Waals surface area contributed by atoms with Crippen molar-refractivity contribution < 1.29 is 34.0 Å². The van der Waals surface area contributed by atoms with Gasteiger partial charge < -0.3 is 20.1 Å². The zero-order valence-electron chi connectivity index (χ0n) is 16.4. The van der Waals surface area contributed by atoms with Crippen LogP contribution in [0.2, 0.25) is 0 Å². The van der Waals surface area contributed by atoms with Gasteiger partial charge in [-0.1, -0.05) is 11.6 Å². The van der Waals surface area contributed by atoms with Crippen molar-refractivity contribution in [2.75, 3.05) is 0 Å². The monoisotopic (exact) mass is 406 g/mol. The van der Waals surface area contributed by atoms with Crippen LogP contribution < -0.4 is 0 Å². The van der Waals surface area contributed by atoms with E-state index in [0.29, 0.717) is 25.7 Å². The van der Waals surface area contributed by atoms with Crippen LogP contribution in [0.1, 0.15) is 51.9 Å². The van der Waals surface area contributed by atoms with Gasteiger partial charge in [0.1, 0.15) is 0 Å². The second-order valence-electron chi connectivity index (χ2n) is 9.81. The summed E-state index contributed by atoms with van der Waals surface area (Å²) in [5.41, 5.74) is -4.45. The van der Waals surface area contributed by atoms with E-state index in [1.54, 1.807) is 13.0 Å². The Morgan fingerprint density at radius 2 is 2.10 bits per heavy atom. The first-order chi connectivity index (χ1) is 13.6. The predicted molar refractivity (Wildman–Crippen MR) is 99.4 cm³/mol. The number of fused-ring (bicyclic) bond motifs is 6. The van der Waals surface area contributed by atoms with E-state index in [4.69, 9.17) is 9.84 Å². The predicted octanol–water partition coefficient (Wildman–Crippen LogP) is 2.29. The SMILES string of the molecule is C[C@]12C=CC(=O)C=C1CC[C@H]1[C@@H]3CC[C@](O)(CCC(=O)O)[C@@]34CC(OC4O)[C@@]12F. The zero-order chi connectivity index (χ0) is 20.8. The minimum Gasteiger partial charge on any atom is -0.481 e. The standard InChI is InChI=1S/C22H27FO6/c1-19-7-4-13(24)10-12(19)2-3-15-14-5-8-20(28,9-6-17(25)26)21(14)11-16(22(15,19)23)29-18(21)27/h4,7,10,14-16,18,27-28H,2-3,5-6,8-9,11H2,1H3,(H,25,26)/t14-,15-,16?,18?,19-,20-,21-,22-/m0/s1. The number of ether oxygens (including phenoxy) is 1. The van der Waals surface area contributed by atoms with Crippen LogP contribution in [0, 0.1) is 22.7 Å². The fraction of sp³-hybridized carbons (Fsp3) is 0.727. The van der Waals surface area contributed by atoms with Crippen molar-refractivity contribution in [1.82, 2.24) is 0 Å². The molecule has 1 heterocycles. The molecule has 3 N–H and O–H groups in total. The number of carbonyl (C=O) groups is 2. The normalized spacial score (nSPS) is 52.6. The summed E-state index contributed by atoms with van der Waals surface area (Å²) in [5, 5.41) is 31.6. The quantitative estimate of drug-likeness (QED) is 0.664. The maximum atomic E-state index is 17.1. The lowest BCUT2D eigenvalue weighted by Gasteiger charge is -2.60. The number of aliphatic carboxylic acids is 1. The highest BCUT2D eigenvalue weighted by molar-refractivity contribution is 6.01. The summed E-state index contributed by atoms with van der Waals surface area (Å²) in [6.07, 6.45) is 4.30. The van der Waals surface area contributed by atoms with E-state index >= 15 is 4.39 Å². The fourth-order valence-corrected chi connectivity index (χ4v) is 7.60. The lowest BCUT2D eigenvalue weighted by molar-refractivity contribution is -0.199. The highest BCUT2D eigenvalue weighted by atomic mass is 19.1. The highest BCUT2D eigenvalue weighted by Crippen LogP contribution is 2.74. The van der Waals surface area contributed by atoms with Crippen molar-refractivity contribution in [2.45, 2.75) is 75.5 Å². The molecule has 0 aromatic rings. The largest absolute Gasteiger partial charge is 0.481 e. The first-order valence-corrected chi connectivity index (χ1v) is 10.5. The zero-order valence-corrected chi connectivity index (χ0v) is 16.4. The van der Waals surface area contributed by atoms with Gasteiger partial charge in [0.25, 0.3) is 0 Å². The van der Waals surface area contributed by atoms with E-state index in [0.717, 1.165) is 5.57 Å². The Hall–Kier alpha value is -1.57. The molecule has 5 aliphatic rings. The molecule has 1 aliphatic heterocycles. The van der Waals surface area contributed by atoms with E-state index < -0.39 is 46.4 Å². The maximum Gasteiger partial charge on any atom is 0.303 e. The average molecular weight is 406 g/mol. The molecule has 4 fully saturated rings. The molecular formula is C22H27FO6. The molecule has 158 valence electrons. The lowest BCUT2D eigenvalue weighted by Crippen LogP contribution is -2.66. The molecular weight excluding hydrogens is 379 g/mol. The van der Waals surface area contributed by atoms with Crippen LogP contribution in [0.3, 0.4) is 0 Å². The molecule has 2 unspecified atom stereocenters. The molecule has 1 spiro atoms. The second kappa shape index (κ2) is 5.77. The summed E-state index contributed by atoms with van der Waals surface area (Å²) >= 11 is 0. The summed E-state index contributed by atoms with van der Waals surface area (Å²) in [4.78, 5) is 23.0. The summed E-state index contributed by atoms with van der Waals surface area (Å²) in [5.74, 6) is -1.88. The van der Waals surface area contributed by atoms with Crippen molar-refractivity contribution in [2.24, 2.45) is 22.7 Å². The molecule has 29 heavy (non-hydrogen) atoms. The highest BCUT2D eigenvalue weighted by Gasteiger charge is 2.79. The van der Waals surface area contributed by atoms with Crippen LogP contribution in [0.5, 0.6) is 0 Å². The maximum absolute atomic E-state index is 17.1. The van der Waals surface area contributed by atoms with Crippen LogP contribution in [0.4, 0.5) is 4.39 Å². The molecule has 2 bridgehead atoms. The number of carbonyl (C=O) groups excluding carboxylic acids is 1. The number of aliphatic hydroxyl groups is 2. The third kappa shape index (κ3) is 2.11. The molecule has 0 aromatic heterocycles. The Balaban J connectivity index is 1.60. The average Bonchev–Trinajstić information content (AvgIpc) is 3.14. The fourth-order valence-electron chi connectivity index (χ4n) is 7.60. The second-order valence-corrected chi connectivity index (χ2v) is 9.81. The van der Waals surface area contributed by atoms with Gasteiger partial charge in [0, 0.05) is 17.8 Å². The van der Waals surface area contributed by atoms with Crippen LogP contribution in [-0.4, -0.2) is 50.7 Å². The number of halogens is 1. The molecule has 0 radical (unpaired) electrons. The smallest absolute Gasteiger partial charge is 0.303 e. The number of ketones is 1. The third-order valence-electron chi connectivity index (χ3n) is 8.99. The Labute approximate surface area is 168 Å². The van der Waals surface area contributed by atoms with E-state index in [-0.39, 0.29) is 31.0 Å². The van der Waals surface area contributed by atoms with E-state index in [2.05, 4.69) is 0 Å². The van der Waals surface area contributed by atoms with Gasteiger partial charge in [-0.25, -0.2) is 4.39 Å². The van der Waals surface area contributed by atoms with Gasteiger partial charge in [0.05, 0.1) is 17.1 Å². The number of carboxylic acid groups (broad SMARTS) is 1. The van der Waals surface area contributed by atoms with Crippen LogP contribution in [0.15, 0.2) is 23.8 Å². The number of carboxylic acids is 1. The number of rotatable bonds is 3. The third-order valence-corrected chi connectivity index (χ3v) is 8.99. The molecule has 8 atom stereocenters. The first-order valence-electron chi connectivity index (χ1n) is 10.5. The summed E-state index contributed by atoms with van der Waals surface area (Å²) in [7, 11) is 0. The number of alkyl halides is 1. The summed E-state index contributed by atoms with van der Waals surface area (Å²) in [6, 6.07) is 0. The van der Waals surface area contributed by atoms with Gasteiger partial charge in [0.15, 0.2) is 17.7 Å². The van der Waals surface area contributed by atoms with E-state index in [1.807, 2.05) is 0 Å². The van der Waals surface area contributed by atoms with Crippen LogP contribution >= 0.6 is 0 Å². The Morgan fingerprint density at radius 1 is 1.34 bits per heavy atom. The van der Waals surface area contributed by atoms with E-state index in [1.165, 1.54) is 12.2 Å². The van der Waals surface area contributed by atoms with Gasteiger partial charge in [-0.05, 0) is 63.5 Å². The molecule has 0 aromatic carbocycles. The summed E-state index contributed by atoms with van der Waals surface area (Å²) < 4.78 is 22.9. The molecule has 3 saturated carbocycles. The van der Waals surface area contributed by atoms with Crippen molar-refractivity contribution in [3.05, 3.63) is 23.8 Å². The molecule has 1 saturated heterocycles. The first kappa shape index (κ1) is 19.4. The van der Waals surface area contributed by atoms with Gasteiger partial charge >= 0.3 is 5.97 Å². The topological polar surface area (TPSA) is 104 Å². The molecule has 4 aliphatic carbocycles. The van der Waals surface area contributed by atoms with Gasteiger partial charge in [0.2, 0.25) is 0 Å². The van der Waals surface area contributed by atoms with Crippen molar-refractivity contribution in [1.29, 1.82) is 0 Å². The molecule has 0 amide bonds. The lowest BCUT2D eigenvalue weighted by atomic mass is 9.45. The summed E-state index contributed by atoms with van der Waals surface area (Å²) in [6.45, 7) is 1.81. The number of hydrogen-bond donors (Lipinski definition) is 3. The van der Waals surface area contributed by atoms with Crippen molar-refractivity contribution >= 4 is 11.8 Å². The molecule has 5 rings (SSSR count). The van der Waals surface area contributed by atoms with Crippen LogP contribution in [-0.2, 0) is 14.3 Å². The number of hydrogen-bond acceptors (Lipinski definition) is 5. The minimum absolute atomic E-state index is 0.0226. The Kier molecular flexibility index (Phi) is 3.86. The molecule has 6 nitrogen and oxygen atoms in total. The Bertz CT molecular complexity index is 852. The number of allylic oxidation sites excluding steroid dienone is 4. The minimum atomic E-state index is -1.79. The van der Waals surface area contributed by atoms with Crippen molar-refractivity contribution in [3.8, 4) is 0 Å². The number of aliphatic hydroxyl groups excluding tert-OH is 1. The van der Waals surface area contributed by atoms with Gasteiger partial charge in [-0.15, -0.1) is 0 Å². The molecule has 7 heteroatoms.